The van der Waals surface area contributed by atoms with E-state index >= 15 is 0 Å². The Morgan fingerprint density at radius 2 is 2.35 bits per heavy atom. The lowest BCUT2D eigenvalue weighted by Crippen LogP contribution is -2.25. The van der Waals surface area contributed by atoms with E-state index in [2.05, 4.69) is 10.3 Å². The third-order valence-electron chi connectivity index (χ3n) is 2.24. The molecular weight excluding hydrogens is 256 g/mol. The number of nitrogens with zero attached hydrogens (tertiary/aromatic N) is 2. The van der Waals surface area contributed by atoms with Crippen LogP contribution in [0.1, 0.15) is 16.6 Å². The molecule has 0 unspecified atom stereocenters. The van der Waals surface area contributed by atoms with E-state index in [4.69, 9.17) is 5.73 Å². The summed E-state index contributed by atoms with van der Waals surface area (Å²) in [7, 11) is 1.92. The maximum Gasteiger partial charge on any atom is 0.265 e. The van der Waals surface area contributed by atoms with Crippen LogP contribution in [0.5, 0.6) is 0 Å². The first kappa shape index (κ1) is 14.1. The van der Waals surface area contributed by atoms with E-state index in [0.29, 0.717) is 17.2 Å². The van der Waals surface area contributed by atoms with Crippen molar-refractivity contribution in [3.8, 4) is 0 Å². The van der Waals surface area contributed by atoms with Gasteiger partial charge in [-0.3, -0.25) is 4.79 Å². The monoisotopic (exact) mass is 274 g/mol. The minimum Gasteiger partial charge on any atom is -0.382 e. The van der Waals surface area contributed by atoms with Crippen LogP contribution in [0.15, 0.2) is 0 Å². The zero-order valence-corrected chi connectivity index (χ0v) is 12.0. The second-order valence-corrected chi connectivity index (χ2v) is 5.44. The minimum atomic E-state index is -0.134. The third kappa shape index (κ3) is 3.78. The number of carbonyl (C=O) groups is 1. The topological polar surface area (TPSA) is 71.2 Å². The molecule has 96 valence electrons. The van der Waals surface area contributed by atoms with E-state index < -0.39 is 0 Å². The Labute approximate surface area is 110 Å². The molecule has 0 aliphatic rings. The van der Waals surface area contributed by atoms with Crippen LogP contribution in [0.2, 0.25) is 0 Å². The van der Waals surface area contributed by atoms with Crippen LogP contribution < -0.4 is 16.0 Å². The van der Waals surface area contributed by atoms with Crippen molar-refractivity contribution in [3.63, 3.8) is 0 Å². The number of aromatic nitrogens is 1. The van der Waals surface area contributed by atoms with Gasteiger partial charge in [-0.15, -0.1) is 0 Å². The van der Waals surface area contributed by atoms with Gasteiger partial charge in [-0.25, -0.2) is 4.98 Å². The zero-order valence-electron chi connectivity index (χ0n) is 10.3. The quantitative estimate of drug-likeness (QED) is 0.765. The minimum absolute atomic E-state index is 0.134. The van der Waals surface area contributed by atoms with Gasteiger partial charge in [-0.2, -0.15) is 11.8 Å². The highest BCUT2D eigenvalue weighted by molar-refractivity contribution is 7.98. The number of rotatable bonds is 6. The van der Waals surface area contributed by atoms with Crippen molar-refractivity contribution in [2.75, 3.05) is 42.8 Å². The Hall–Kier alpha value is -0.950. The lowest BCUT2D eigenvalue weighted by Gasteiger charge is -2.10. The van der Waals surface area contributed by atoms with Gasteiger partial charge in [0, 0.05) is 25.9 Å². The van der Waals surface area contributed by atoms with Crippen LogP contribution in [-0.4, -0.2) is 43.0 Å². The van der Waals surface area contributed by atoms with Crippen LogP contribution >= 0.6 is 23.1 Å². The van der Waals surface area contributed by atoms with E-state index in [0.717, 1.165) is 17.4 Å². The van der Waals surface area contributed by atoms with Gasteiger partial charge in [-0.1, -0.05) is 11.3 Å². The van der Waals surface area contributed by atoms with Crippen molar-refractivity contribution >= 4 is 40.0 Å². The molecule has 1 aromatic heterocycles. The molecule has 0 bridgehead atoms. The molecule has 0 atom stereocenters. The molecule has 0 aromatic carbocycles. The molecule has 7 heteroatoms. The van der Waals surface area contributed by atoms with E-state index in [1.807, 2.05) is 25.1 Å². The number of amides is 1. The second-order valence-electron chi connectivity index (χ2n) is 3.47. The Balaban J connectivity index is 2.70. The number of nitrogens with one attached hydrogen (secondary N) is 1. The summed E-state index contributed by atoms with van der Waals surface area (Å²) < 4.78 is 0. The van der Waals surface area contributed by atoms with Crippen molar-refractivity contribution in [2.24, 2.45) is 0 Å². The Morgan fingerprint density at radius 3 is 2.94 bits per heavy atom. The SMILES string of the molecule is CCN(C)c1nc(N)c(C(=O)NCCSC)s1. The number of thiazole rings is 1. The fourth-order valence-corrected chi connectivity index (χ4v) is 2.36. The fourth-order valence-electron chi connectivity index (χ4n) is 1.13. The number of nitrogens with two attached hydrogens (primary N) is 1. The van der Waals surface area contributed by atoms with Crippen molar-refractivity contribution in [3.05, 3.63) is 4.88 Å². The first-order valence-corrected chi connectivity index (χ1v) is 7.55. The number of hydrogen-bond acceptors (Lipinski definition) is 6. The van der Waals surface area contributed by atoms with E-state index in [1.54, 1.807) is 11.8 Å². The number of nitrogen functional groups attached to an aromatic ring is 1. The number of thioether (sulfide) groups is 1. The first-order chi connectivity index (χ1) is 8.10. The Bertz CT molecular complexity index is 380. The molecule has 0 aliphatic carbocycles. The predicted octanol–water partition coefficient (Wildman–Crippen LogP) is 1.27. The van der Waals surface area contributed by atoms with Gasteiger partial charge in [0.1, 0.15) is 10.7 Å². The third-order valence-corrected chi connectivity index (χ3v) is 4.04. The van der Waals surface area contributed by atoms with E-state index in [9.17, 15) is 4.79 Å². The molecule has 0 saturated heterocycles. The summed E-state index contributed by atoms with van der Waals surface area (Å²) in [4.78, 5) is 18.5. The van der Waals surface area contributed by atoms with Crippen molar-refractivity contribution < 1.29 is 4.79 Å². The Kier molecular flexibility index (Phi) is 5.57. The van der Waals surface area contributed by atoms with Gasteiger partial charge in [0.2, 0.25) is 0 Å². The second kappa shape index (κ2) is 6.70. The molecule has 0 radical (unpaired) electrons. The van der Waals surface area contributed by atoms with Gasteiger partial charge < -0.3 is 16.0 Å². The van der Waals surface area contributed by atoms with Crippen LogP contribution in [0.3, 0.4) is 0 Å². The average molecular weight is 274 g/mol. The number of anilines is 2. The summed E-state index contributed by atoms with van der Waals surface area (Å²) in [6.45, 7) is 3.51. The summed E-state index contributed by atoms with van der Waals surface area (Å²) in [5.74, 6) is 1.07. The van der Waals surface area contributed by atoms with Gasteiger partial charge in [0.15, 0.2) is 5.13 Å². The molecule has 1 amide bonds. The molecule has 5 nitrogen and oxygen atoms in total. The maximum absolute atomic E-state index is 11.8. The van der Waals surface area contributed by atoms with Gasteiger partial charge in [0.25, 0.3) is 5.91 Å². The molecule has 0 fully saturated rings. The smallest absolute Gasteiger partial charge is 0.265 e. The largest absolute Gasteiger partial charge is 0.382 e. The highest BCUT2D eigenvalue weighted by atomic mass is 32.2. The van der Waals surface area contributed by atoms with Crippen LogP contribution in [0.4, 0.5) is 10.9 Å². The van der Waals surface area contributed by atoms with Crippen LogP contribution in [-0.2, 0) is 0 Å². The van der Waals surface area contributed by atoms with E-state index in [-0.39, 0.29) is 5.91 Å². The lowest BCUT2D eigenvalue weighted by molar-refractivity contribution is 0.0961. The zero-order chi connectivity index (χ0) is 12.8. The standard InChI is InChI=1S/C10H18N4OS2/c1-4-14(2)10-13-8(11)7(17-10)9(15)12-5-6-16-3/h4-6,11H2,1-3H3,(H,12,15). The molecule has 0 spiro atoms. The molecule has 0 aliphatic heterocycles. The van der Waals surface area contributed by atoms with Crippen molar-refractivity contribution in [1.29, 1.82) is 0 Å². The molecule has 1 rings (SSSR count). The molecular formula is C10H18N4OS2. The van der Waals surface area contributed by atoms with Crippen molar-refractivity contribution in [2.45, 2.75) is 6.92 Å². The summed E-state index contributed by atoms with van der Waals surface area (Å²) in [6, 6.07) is 0. The summed E-state index contributed by atoms with van der Waals surface area (Å²) in [6.07, 6.45) is 2.00. The Morgan fingerprint density at radius 1 is 1.65 bits per heavy atom. The highest BCUT2D eigenvalue weighted by Gasteiger charge is 2.17. The summed E-state index contributed by atoms with van der Waals surface area (Å²) in [5.41, 5.74) is 5.75. The van der Waals surface area contributed by atoms with Gasteiger partial charge in [0.05, 0.1) is 0 Å². The predicted molar refractivity (Wildman–Crippen MR) is 76.2 cm³/mol. The molecule has 1 aromatic rings. The van der Waals surface area contributed by atoms with Gasteiger partial charge >= 0.3 is 0 Å². The van der Waals surface area contributed by atoms with Crippen LogP contribution in [0.25, 0.3) is 0 Å². The lowest BCUT2D eigenvalue weighted by atomic mass is 10.4. The summed E-state index contributed by atoms with van der Waals surface area (Å²) in [5, 5.41) is 3.60. The van der Waals surface area contributed by atoms with Gasteiger partial charge in [-0.05, 0) is 13.2 Å². The van der Waals surface area contributed by atoms with Crippen molar-refractivity contribution in [1.82, 2.24) is 10.3 Å². The summed E-state index contributed by atoms with van der Waals surface area (Å²) >= 11 is 3.02. The fraction of sp³-hybridized carbons (Fsp3) is 0.600. The maximum atomic E-state index is 11.8. The number of carbonyl (C=O) groups excluding carboxylic acids is 1. The van der Waals surface area contributed by atoms with Crippen LogP contribution in [0, 0.1) is 0 Å². The molecule has 17 heavy (non-hydrogen) atoms. The molecule has 0 saturated carbocycles. The normalized spacial score (nSPS) is 10.3. The average Bonchev–Trinajstić information content (AvgIpc) is 2.70. The molecule has 1 heterocycles. The highest BCUT2D eigenvalue weighted by Crippen LogP contribution is 2.27. The molecule has 3 N–H and O–H groups in total. The first-order valence-electron chi connectivity index (χ1n) is 5.34. The van der Waals surface area contributed by atoms with E-state index in [1.165, 1.54) is 11.3 Å². The number of hydrogen-bond donors (Lipinski definition) is 2.